The first-order valence-corrected chi connectivity index (χ1v) is 24.0. The summed E-state index contributed by atoms with van der Waals surface area (Å²) in [6.07, 6.45) is 21.8. The van der Waals surface area contributed by atoms with Gasteiger partial charge in [0.15, 0.2) is 0 Å². The van der Waals surface area contributed by atoms with E-state index in [0.29, 0.717) is 12.2 Å². The van der Waals surface area contributed by atoms with Crippen molar-refractivity contribution in [3.8, 4) is 11.5 Å². The highest BCUT2D eigenvalue weighted by Crippen LogP contribution is 2.38. The highest BCUT2D eigenvalue weighted by atomic mass is 16.5. The molecule has 8 aromatic carbocycles. The Balaban J connectivity index is 0.792. The van der Waals surface area contributed by atoms with Crippen molar-refractivity contribution in [2.75, 3.05) is 9.80 Å². The van der Waals surface area contributed by atoms with E-state index in [0.717, 1.165) is 82.4 Å². The molecule has 0 bridgehead atoms. The Labute approximate surface area is 391 Å². The van der Waals surface area contributed by atoms with Crippen molar-refractivity contribution in [3.63, 3.8) is 0 Å². The average Bonchev–Trinajstić information content (AvgIpc) is 3.38. The molecule has 0 unspecified atom stereocenters. The zero-order chi connectivity index (χ0) is 44.3. The molecule has 0 heterocycles. The molecule has 0 spiro atoms. The summed E-state index contributed by atoms with van der Waals surface area (Å²) in [7, 11) is 0. The molecule has 10 rings (SSSR count). The molecule has 4 nitrogen and oxygen atoms in total. The fourth-order valence-electron chi connectivity index (χ4n) is 9.49. The lowest BCUT2D eigenvalue weighted by atomic mass is 9.98. The molecule has 2 saturated carbocycles. The molecular weight excluding hydrogens is 805 g/mol. The van der Waals surface area contributed by atoms with Gasteiger partial charge in [0, 0.05) is 34.1 Å². The third kappa shape index (κ3) is 10.6. The van der Waals surface area contributed by atoms with E-state index in [-0.39, 0.29) is 0 Å². The quantitative estimate of drug-likeness (QED) is 0.102. The smallest absolute Gasteiger partial charge is 0.119 e. The Morgan fingerprint density at radius 3 is 0.970 bits per heavy atom. The van der Waals surface area contributed by atoms with E-state index < -0.39 is 0 Å². The molecule has 0 N–H and O–H groups in total. The highest BCUT2D eigenvalue weighted by molar-refractivity contribution is 5.89. The molecule has 2 aliphatic carbocycles. The van der Waals surface area contributed by atoms with Crippen molar-refractivity contribution in [3.05, 3.63) is 216 Å². The second-order valence-corrected chi connectivity index (χ2v) is 17.8. The Morgan fingerprint density at radius 1 is 0.303 bits per heavy atom. The number of hydrogen-bond donors (Lipinski definition) is 0. The zero-order valence-corrected chi connectivity index (χ0v) is 37.7. The van der Waals surface area contributed by atoms with Gasteiger partial charge in [-0.2, -0.15) is 0 Å². The van der Waals surface area contributed by atoms with Crippen LogP contribution in [0.1, 0.15) is 86.5 Å². The molecule has 0 aliphatic heterocycles. The molecule has 328 valence electrons. The van der Waals surface area contributed by atoms with E-state index in [4.69, 9.17) is 9.47 Å². The Kier molecular flexibility index (Phi) is 13.4. The number of rotatable bonds is 14. The molecule has 0 atom stereocenters. The largest absolute Gasteiger partial charge is 0.490 e. The van der Waals surface area contributed by atoms with Gasteiger partial charge in [0.25, 0.3) is 0 Å². The van der Waals surface area contributed by atoms with E-state index in [1.807, 2.05) is 0 Å². The first-order chi connectivity index (χ1) is 32.7. The van der Waals surface area contributed by atoms with Gasteiger partial charge in [0.05, 0.1) is 12.2 Å². The number of benzene rings is 8. The monoisotopic (exact) mass is 862 g/mol. The lowest BCUT2D eigenvalue weighted by Gasteiger charge is -2.26. The number of fused-ring (bicyclic) bond motifs is 1. The minimum atomic E-state index is 0.336. The molecule has 8 aromatic rings. The molecule has 4 heteroatoms. The summed E-state index contributed by atoms with van der Waals surface area (Å²) in [5.74, 6) is 1.90. The summed E-state index contributed by atoms with van der Waals surface area (Å²) in [5.41, 5.74) is 11.3. The summed E-state index contributed by atoms with van der Waals surface area (Å²) in [6, 6.07) is 69.3. The summed E-state index contributed by atoms with van der Waals surface area (Å²) >= 11 is 0. The van der Waals surface area contributed by atoms with E-state index in [1.165, 1.54) is 60.4 Å². The summed E-state index contributed by atoms with van der Waals surface area (Å²) < 4.78 is 12.7. The summed E-state index contributed by atoms with van der Waals surface area (Å²) in [5, 5.41) is 2.44. The van der Waals surface area contributed by atoms with Crippen LogP contribution in [0.4, 0.5) is 34.1 Å². The van der Waals surface area contributed by atoms with Crippen LogP contribution < -0.4 is 19.3 Å². The Hall–Kier alpha value is -7.30. The number of para-hydroxylation sites is 2. The van der Waals surface area contributed by atoms with Crippen molar-refractivity contribution < 1.29 is 9.47 Å². The predicted molar refractivity (Wildman–Crippen MR) is 279 cm³/mol. The van der Waals surface area contributed by atoms with Gasteiger partial charge in [-0.05, 0) is 194 Å². The first kappa shape index (κ1) is 42.6. The second kappa shape index (κ2) is 20.7. The lowest BCUT2D eigenvalue weighted by Crippen LogP contribution is -2.19. The van der Waals surface area contributed by atoms with Gasteiger partial charge in [0.1, 0.15) is 11.5 Å². The normalized spacial score (nSPS) is 14.7. The predicted octanol–water partition coefficient (Wildman–Crippen LogP) is 17.5. The number of ether oxygens (including phenoxy) is 2. The molecule has 66 heavy (non-hydrogen) atoms. The van der Waals surface area contributed by atoms with E-state index in [2.05, 4.69) is 228 Å². The van der Waals surface area contributed by atoms with Crippen molar-refractivity contribution >= 4 is 69.2 Å². The van der Waals surface area contributed by atoms with Crippen molar-refractivity contribution in [2.45, 2.75) is 76.4 Å². The van der Waals surface area contributed by atoms with Crippen LogP contribution in [0, 0.1) is 0 Å². The van der Waals surface area contributed by atoms with Crippen LogP contribution in [-0.4, -0.2) is 12.2 Å². The van der Waals surface area contributed by atoms with Gasteiger partial charge < -0.3 is 19.3 Å². The van der Waals surface area contributed by atoms with Crippen LogP contribution >= 0.6 is 0 Å². The molecule has 2 fully saturated rings. The first-order valence-electron chi connectivity index (χ1n) is 24.0. The molecular formula is C62H58N2O2. The van der Waals surface area contributed by atoms with Crippen LogP contribution in [-0.2, 0) is 0 Å². The third-order valence-electron chi connectivity index (χ3n) is 13.1. The topological polar surface area (TPSA) is 24.9 Å². The fourth-order valence-corrected chi connectivity index (χ4v) is 9.49. The molecule has 2 aliphatic rings. The van der Waals surface area contributed by atoms with Crippen LogP contribution in [0.15, 0.2) is 194 Å². The maximum absolute atomic E-state index is 6.35. The maximum atomic E-state index is 6.35. The second-order valence-electron chi connectivity index (χ2n) is 17.8. The number of hydrogen-bond acceptors (Lipinski definition) is 4. The molecule has 0 amide bonds. The third-order valence-corrected chi connectivity index (χ3v) is 13.1. The van der Waals surface area contributed by atoms with Gasteiger partial charge in [-0.25, -0.2) is 0 Å². The zero-order valence-electron chi connectivity index (χ0n) is 37.7. The highest BCUT2D eigenvalue weighted by Gasteiger charge is 2.18. The van der Waals surface area contributed by atoms with E-state index in [9.17, 15) is 0 Å². The van der Waals surface area contributed by atoms with Crippen molar-refractivity contribution in [2.24, 2.45) is 0 Å². The van der Waals surface area contributed by atoms with Crippen molar-refractivity contribution in [1.82, 2.24) is 0 Å². The standard InChI is InChI=1S/C62H58N2O2/c1-5-13-53(14-6-1)63(57-37-41-61(42-38-57)65-59-17-9-3-10-18-59)55-33-27-47(28-34-55)21-23-49-25-31-52-46-50(26-32-51(52)45-49)24-22-48-29-35-56(36-30-48)64(54-15-7-2-8-16-54)58-39-43-62(44-40-58)66-60-19-11-4-12-20-60/h1-2,5-8,13-16,21-46,59-60H,3-4,9-12,17-20H2/b23-21+,24-22+. The van der Waals surface area contributed by atoms with E-state index in [1.54, 1.807) is 0 Å². The Morgan fingerprint density at radius 2 is 0.606 bits per heavy atom. The van der Waals surface area contributed by atoms with Crippen LogP contribution in [0.25, 0.3) is 35.1 Å². The van der Waals surface area contributed by atoms with Gasteiger partial charge >= 0.3 is 0 Å². The van der Waals surface area contributed by atoms with Crippen LogP contribution in [0.2, 0.25) is 0 Å². The molecule has 0 aromatic heterocycles. The lowest BCUT2D eigenvalue weighted by molar-refractivity contribution is 0.155. The summed E-state index contributed by atoms with van der Waals surface area (Å²) in [4.78, 5) is 4.60. The minimum absolute atomic E-state index is 0.336. The fraction of sp³-hybridized carbons (Fsp3) is 0.194. The van der Waals surface area contributed by atoms with Crippen molar-refractivity contribution in [1.29, 1.82) is 0 Å². The van der Waals surface area contributed by atoms with Gasteiger partial charge in [-0.15, -0.1) is 0 Å². The van der Waals surface area contributed by atoms with Crippen LogP contribution in [0.3, 0.4) is 0 Å². The van der Waals surface area contributed by atoms with Gasteiger partial charge in [-0.1, -0.05) is 122 Å². The minimum Gasteiger partial charge on any atom is -0.490 e. The number of nitrogens with zero attached hydrogens (tertiary/aromatic N) is 2. The van der Waals surface area contributed by atoms with Crippen LogP contribution in [0.5, 0.6) is 11.5 Å². The van der Waals surface area contributed by atoms with E-state index >= 15 is 0 Å². The maximum Gasteiger partial charge on any atom is 0.119 e. The molecule has 0 saturated heterocycles. The molecule has 0 radical (unpaired) electrons. The Bertz CT molecular complexity index is 2640. The van der Waals surface area contributed by atoms with Gasteiger partial charge in [-0.3, -0.25) is 0 Å². The SMILES string of the molecule is C(=C\c1ccc2cc(/C=C/c3ccc(N(c4ccccc4)c4ccc(OC5CCCCC5)cc4)cc3)ccc2c1)/c1ccc(N(c2ccccc2)c2ccc(OC3CCCCC3)cc2)cc1. The average molecular weight is 863 g/mol. The summed E-state index contributed by atoms with van der Waals surface area (Å²) in [6.45, 7) is 0. The number of anilines is 6. The van der Waals surface area contributed by atoms with Gasteiger partial charge in [0.2, 0.25) is 0 Å².